The molecule has 0 aliphatic carbocycles. The number of carbonyl (C=O) groups excluding carboxylic acids is 2. The van der Waals surface area contributed by atoms with Crippen LogP contribution in [0.2, 0.25) is 0 Å². The average molecular weight is 290 g/mol. The zero-order chi connectivity index (χ0) is 14.9. The number of carbonyl (C=O) groups is 2. The summed E-state index contributed by atoms with van der Waals surface area (Å²) >= 11 is 5.13. The smallest absolute Gasteiger partial charge is 0.337 e. The number of hydrogen-bond acceptors (Lipinski definition) is 4. The zero-order valence-corrected chi connectivity index (χ0v) is 12.2. The van der Waals surface area contributed by atoms with Crippen LogP contribution in [0.4, 0.5) is 0 Å². The van der Waals surface area contributed by atoms with Crippen LogP contribution >= 0.6 is 12.2 Å². The quantitative estimate of drug-likeness (QED) is 0.469. The summed E-state index contributed by atoms with van der Waals surface area (Å²) in [4.78, 5) is 26.4. The highest BCUT2D eigenvalue weighted by atomic mass is 32.1. The van der Waals surface area contributed by atoms with Gasteiger partial charge in [-0.3, -0.25) is 9.69 Å². The number of esters is 1. The molecule has 1 aromatic rings. The molecule has 1 saturated heterocycles. The summed E-state index contributed by atoms with van der Waals surface area (Å²) in [6, 6.07) is 6.81. The first-order chi connectivity index (χ1) is 9.45. The van der Waals surface area contributed by atoms with Crippen LogP contribution in [-0.2, 0) is 9.53 Å². The van der Waals surface area contributed by atoms with Crippen molar-refractivity contribution in [1.82, 2.24) is 9.80 Å². The first kappa shape index (κ1) is 14.2. The van der Waals surface area contributed by atoms with E-state index in [4.69, 9.17) is 12.2 Å². The zero-order valence-electron chi connectivity index (χ0n) is 11.4. The molecule has 0 spiro atoms. The lowest BCUT2D eigenvalue weighted by molar-refractivity contribution is -0.121. The fraction of sp³-hybridized carbons (Fsp3) is 0.214. The molecule has 2 rings (SSSR count). The van der Waals surface area contributed by atoms with Crippen molar-refractivity contribution < 1.29 is 14.3 Å². The lowest BCUT2D eigenvalue weighted by Crippen LogP contribution is -2.26. The van der Waals surface area contributed by atoms with Gasteiger partial charge < -0.3 is 9.64 Å². The minimum absolute atomic E-state index is 0.144. The largest absolute Gasteiger partial charge is 0.465 e. The van der Waals surface area contributed by atoms with Crippen molar-refractivity contribution in [3.8, 4) is 0 Å². The Hall–Kier alpha value is -2.21. The van der Waals surface area contributed by atoms with E-state index in [9.17, 15) is 9.59 Å². The van der Waals surface area contributed by atoms with Crippen molar-refractivity contribution in [3.63, 3.8) is 0 Å². The van der Waals surface area contributed by atoms with Crippen molar-refractivity contribution in [2.24, 2.45) is 0 Å². The summed E-state index contributed by atoms with van der Waals surface area (Å²) in [7, 11) is 4.72. The van der Waals surface area contributed by atoms with E-state index < -0.39 is 0 Å². The molecule has 1 aliphatic rings. The van der Waals surface area contributed by atoms with Crippen LogP contribution in [0.15, 0.2) is 30.0 Å². The van der Waals surface area contributed by atoms with E-state index in [2.05, 4.69) is 4.74 Å². The number of amides is 1. The first-order valence-electron chi connectivity index (χ1n) is 5.91. The molecule has 1 fully saturated rings. The summed E-state index contributed by atoms with van der Waals surface area (Å²) in [5, 5.41) is 0.465. The minimum Gasteiger partial charge on any atom is -0.465 e. The van der Waals surface area contributed by atoms with Crippen molar-refractivity contribution in [3.05, 3.63) is 41.1 Å². The number of rotatable bonds is 2. The topological polar surface area (TPSA) is 49.9 Å². The number of ether oxygens (including phenoxy) is 1. The van der Waals surface area contributed by atoms with Gasteiger partial charge in [0, 0.05) is 14.1 Å². The van der Waals surface area contributed by atoms with Crippen molar-refractivity contribution in [2.45, 2.75) is 0 Å². The van der Waals surface area contributed by atoms with Gasteiger partial charge in [0.1, 0.15) is 5.70 Å². The van der Waals surface area contributed by atoms with Crippen LogP contribution in [0.5, 0.6) is 0 Å². The number of benzene rings is 1. The predicted octanol–water partition coefficient (Wildman–Crippen LogP) is 1.50. The predicted molar refractivity (Wildman–Crippen MR) is 78.9 cm³/mol. The van der Waals surface area contributed by atoms with Gasteiger partial charge in [-0.25, -0.2) is 4.79 Å². The third-order valence-electron chi connectivity index (χ3n) is 3.09. The fourth-order valence-corrected chi connectivity index (χ4v) is 2.06. The van der Waals surface area contributed by atoms with Crippen LogP contribution in [0.1, 0.15) is 15.9 Å². The highest BCUT2D eigenvalue weighted by Crippen LogP contribution is 2.20. The maximum Gasteiger partial charge on any atom is 0.337 e. The molecule has 0 bridgehead atoms. The summed E-state index contributed by atoms with van der Waals surface area (Å²) in [6.45, 7) is 0. The van der Waals surface area contributed by atoms with Gasteiger partial charge in [-0.05, 0) is 36.0 Å². The Kier molecular flexibility index (Phi) is 3.85. The Morgan fingerprint density at radius 3 is 2.25 bits per heavy atom. The highest BCUT2D eigenvalue weighted by molar-refractivity contribution is 7.80. The third-order valence-corrected chi connectivity index (χ3v) is 3.64. The Balaban J connectivity index is 2.29. The SMILES string of the molecule is COC(=O)c1ccc(C=C2C(=O)N(C)C(=S)N2C)cc1. The molecule has 1 aromatic carbocycles. The van der Waals surface area contributed by atoms with Gasteiger partial charge in [-0.2, -0.15) is 0 Å². The fourth-order valence-electron chi connectivity index (χ4n) is 1.88. The van der Waals surface area contributed by atoms with Crippen LogP contribution in [0.25, 0.3) is 6.08 Å². The number of nitrogens with zero attached hydrogens (tertiary/aromatic N) is 2. The third kappa shape index (κ3) is 2.42. The van der Waals surface area contributed by atoms with Crippen LogP contribution in [-0.4, -0.2) is 48.0 Å². The molecule has 0 radical (unpaired) electrons. The van der Waals surface area contributed by atoms with Crippen molar-refractivity contribution >= 4 is 35.3 Å². The molecule has 6 heteroatoms. The van der Waals surface area contributed by atoms with Gasteiger partial charge in [0.05, 0.1) is 12.7 Å². The Morgan fingerprint density at radius 1 is 1.20 bits per heavy atom. The number of methoxy groups -OCH3 is 1. The number of thiocarbonyl (C=S) groups is 1. The van der Waals surface area contributed by atoms with Crippen molar-refractivity contribution in [2.75, 3.05) is 21.2 Å². The van der Waals surface area contributed by atoms with E-state index in [0.717, 1.165) is 5.56 Å². The Bertz CT molecular complexity index is 607. The molecule has 5 nitrogen and oxygen atoms in total. The molecule has 20 heavy (non-hydrogen) atoms. The van der Waals surface area contributed by atoms with Gasteiger partial charge >= 0.3 is 5.97 Å². The Labute approximate surface area is 122 Å². The second-order valence-electron chi connectivity index (χ2n) is 4.35. The van der Waals surface area contributed by atoms with Gasteiger partial charge in [0.25, 0.3) is 5.91 Å². The van der Waals surface area contributed by atoms with E-state index in [1.807, 2.05) is 0 Å². The molecule has 0 unspecified atom stereocenters. The second kappa shape index (κ2) is 5.42. The van der Waals surface area contributed by atoms with Crippen molar-refractivity contribution in [1.29, 1.82) is 0 Å². The summed E-state index contributed by atoms with van der Waals surface area (Å²) in [5.41, 5.74) is 1.78. The van der Waals surface area contributed by atoms with E-state index >= 15 is 0 Å². The summed E-state index contributed by atoms with van der Waals surface area (Å²) < 4.78 is 4.63. The normalized spacial score (nSPS) is 17.1. The van der Waals surface area contributed by atoms with Crippen LogP contribution in [0, 0.1) is 0 Å². The van der Waals surface area contributed by atoms with E-state index in [0.29, 0.717) is 16.4 Å². The van der Waals surface area contributed by atoms with Gasteiger partial charge in [-0.1, -0.05) is 12.1 Å². The van der Waals surface area contributed by atoms with Crippen LogP contribution in [0.3, 0.4) is 0 Å². The highest BCUT2D eigenvalue weighted by Gasteiger charge is 2.32. The molecule has 1 amide bonds. The minimum atomic E-state index is -0.390. The molecule has 1 aliphatic heterocycles. The summed E-state index contributed by atoms with van der Waals surface area (Å²) in [5.74, 6) is -0.534. The Morgan fingerprint density at radius 2 is 1.80 bits per heavy atom. The molecule has 104 valence electrons. The number of likely N-dealkylation sites (N-methyl/N-ethyl adjacent to an activating group) is 2. The maximum absolute atomic E-state index is 12.0. The lowest BCUT2D eigenvalue weighted by Gasteiger charge is -2.11. The maximum atomic E-state index is 12.0. The monoisotopic (exact) mass is 290 g/mol. The molecule has 0 N–H and O–H groups in total. The van der Waals surface area contributed by atoms with Gasteiger partial charge in [0.2, 0.25) is 0 Å². The van der Waals surface area contributed by atoms with E-state index in [1.165, 1.54) is 12.0 Å². The van der Waals surface area contributed by atoms with E-state index in [-0.39, 0.29) is 11.9 Å². The standard InChI is InChI=1S/C14H14N2O3S/c1-15-11(12(17)16(2)14(15)20)8-9-4-6-10(7-5-9)13(18)19-3/h4-8H,1-3H3. The molecular weight excluding hydrogens is 276 g/mol. The van der Waals surface area contributed by atoms with Crippen LogP contribution < -0.4 is 0 Å². The molecule has 1 heterocycles. The lowest BCUT2D eigenvalue weighted by atomic mass is 10.1. The molecule has 0 atom stereocenters. The second-order valence-corrected chi connectivity index (χ2v) is 4.71. The molecule has 0 aromatic heterocycles. The van der Waals surface area contributed by atoms with E-state index in [1.54, 1.807) is 49.3 Å². The van der Waals surface area contributed by atoms with Gasteiger partial charge in [0.15, 0.2) is 5.11 Å². The molecule has 0 saturated carbocycles. The first-order valence-corrected chi connectivity index (χ1v) is 6.32. The van der Waals surface area contributed by atoms with Gasteiger partial charge in [-0.15, -0.1) is 0 Å². The average Bonchev–Trinajstić information content (AvgIpc) is 2.65. The summed E-state index contributed by atoms with van der Waals surface area (Å²) in [6.07, 6.45) is 1.74. The number of hydrogen-bond donors (Lipinski definition) is 0. The molecular formula is C14H14N2O3S.